The number of hydrogen-bond acceptors (Lipinski definition) is 6. The molecule has 0 bridgehead atoms. The third-order valence-corrected chi connectivity index (χ3v) is 3.91. The number of nitrogens with one attached hydrogen (secondary N) is 1. The van der Waals surface area contributed by atoms with E-state index in [0.717, 1.165) is 0 Å². The zero-order chi connectivity index (χ0) is 18.0. The molecule has 2 aromatic rings. The lowest BCUT2D eigenvalue weighted by Gasteiger charge is -2.14. The van der Waals surface area contributed by atoms with Crippen LogP contribution in [-0.4, -0.2) is 29.8 Å². The Kier molecular flexibility index (Phi) is 4.96. The molecule has 0 saturated carbocycles. The average Bonchev–Trinajstić information content (AvgIpc) is 3.06. The van der Waals surface area contributed by atoms with Gasteiger partial charge in [-0.1, -0.05) is 23.2 Å². The minimum absolute atomic E-state index is 0.0260. The summed E-state index contributed by atoms with van der Waals surface area (Å²) in [4.78, 5) is 28.2. The lowest BCUT2D eigenvalue weighted by Crippen LogP contribution is -2.30. The summed E-state index contributed by atoms with van der Waals surface area (Å²) in [6.45, 7) is 1.46. The molecule has 1 amide bonds. The summed E-state index contributed by atoms with van der Waals surface area (Å²) in [6, 6.07) is 6.03. The molecule has 0 fully saturated rings. The first kappa shape index (κ1) is 17.3. The molecule has 25 heavy (non-hydrogen) atoms. The highest BCUT2D eigenvalue weighted by molar-refractivity contribution is 6.33. The molecule has 7 nitrogen and oxygen atoms in total. The van der Waals surface area contributed by atoms with Crippen LogP contribution in [0.1, 0.15) is 17.3 Å². The van der Waals surface area contributed by atoms with Crippen molar-refractivity contribution in [2.75, 3.05) is 12.1 Å². The van der Waals surface area contributed by atoms with Crippen LogP contribution in [0.3, 0.4) is 0 Å². The molecule has 1 aromatic carbocycles. The monoisotopic (exact) mass is 382 g/mol. The summed E-state index contributed by atoms with van der Waals surface area (Å²) in [5.74, 6) is -0.552. The molecule has 0 radical (unpaired) electrons. The van der Waals surface area contributed by atoms with Crippen molar-refractivity contribution >= 4 is 40.8 Å². The zero-order valence-corrected chi connectivity index (χ0v) is 14.4. The summed E-state index contributed by atoms with van der Waals surface area (Å²) >= 11 is 11.9. The number of rotatable bonds is 4. The third kappa shape index (κ3) is 3.78. The van der Waals surface area contributed by atoms with Crippen LogP contribution in [-0.2, 0) is 9.53 Å². The van der Waals surface area contributed by atoms with E-state index in [1.54, 1.807) is 12.1 Å². The molecule has 1 aliphatic rings. The van der Waals surface area contributed by atoms with Gasteiger partial charge in [-0.15, -0.1) is 0 Å². The van der Waals surface area contributed by atoms with Crippen LogP contribution in [0.2, 0.25) is 10.2 Å². The first-order valence-corrected chi connectivity index (χ1v) is 7.93. The number of carbonyl (C=O) groups is 2. The predicted octanol–water partition coefficient (Wildman–Crippen LogP) is 3.30. The Morgan fingerprint density at radius 1 is 1.32 bits per heavy atom. The van der Waals surface area contributed by atoms with E-state index in [9.17, 15) is 9.59 Å². The van der Waals surface area contributed by atoms with E-state index in [-0.39, 0.29) is 22.5 Å². The molecule has 3 rings (SSSR count). The topological polar surface area (TPSA) is 86.8 Å². The molecular weight excluding hydrogens is 371 g/mol. The van der Waals surface area contributed by atoms with Crippen molar-refractivity contribution in [2.45, 2.75) is 13.0 Å². The lowest BCUT2D eigenvalue weighted by molar-refractivity contribution is -0.123. The molecule has 1 aliphatic heterocycles. The van der Waals surface area contributed by atoms with E-state index in [1.807, 2.05) is 0 Å². The van der Waals surface area contributed by atoms with Crippen molar-refractivity contribution in [3.63, 3.8) is 0 Å². The second-order valence-electron chi connectivity index (χ2n) is 5.07. The Morgan fingerprint density at radius 2 is 2.12 bits per heavy atom. The van der Waals surface area contributed by atoms with Crippen molar-refractivity contribution in [2.24, 2.45) is 0 Å². The fourth-order valence-corrected chi connectivity index (χ4v) is 2.51. The van der Waals surface area contributed by atoms with Gasteiger partial charge in [-0.05, 0) is 31.2 Å². The molecule has 130 valence electrons. The average molecular weight is 383 g/mol. The fraction of sp³-hybridized carbons (Fsp3) is 0.188. The van der Waals surface area contributed by atoms with Gasteiger partial charge < -0.3 is 19.5 Å². The molecule has 0 unspecified atom stereocenters. The van der Waals surface area contributed by atoms with Crippen LogP contribution in [0.5, 0.6) is 11.5 Å². The lowest BCUT2D eigenvalue weighted by atomic mass is 10.2. The van der Waals surface area contributed by atoms with Gasteiger partial charge in [0.15, 0.2) is 22.8 Å². The van der Waals surface area contributed by atoms with E-state index in [0.29, 0.717) is 17.2 Å². The number of amides is 1. The highest BCUT2D eigenvalue weighted by Gasteiger charge is 2.24. The van der Waals surface area contributed by atoms with E-state index in [1.165, 1.54) is 25.3 Å². The number of hydrogen-bond donors (Lipinski definition) is 1. The van der Waals surface area contributed by atoms with Gasteiger partial charge in [-0.2, -0.15) is 0 Å². The van der Waals surface area contributed by atoms with Crippen molar-refractivity contribution in [3.05, 3.63) is 46.2 Å². The second kappa shape index (κ2) is 7.16. The molecule has 1 N–H and O–H groups in total. The van der Waals surface area contributed by atoms with E-state index in [4.69, 9.17) is 37.4 Å². The summed E-state index contributed by atoms with van der Waals surface area (Å²) < 4.78 is 15.5. The second-order valence-corrected chi connectivity index (χ2v) is 5.84. The Hall–Kier alpha value is -2.51. The van der Waals surface area contributed by atoms with Crippen LogP contribution in [0.25, 0.3) is 0 Å². The molecule has 0 spiro atoms. The number of benzene rings is 1. The van der Waals surface area contributed by atoms with Crippen LogP contribution < -0.4 is 14.8 Å². The Bertz CT molecular complexity index is 843. The number of esters is 1. The first-order valence-electron chi connectivity index (χ1n) is 7.17. The third-order valence-electron chi connectivity index (χ3n) is 3.33. The maximum absolute atomic E-state index is 12.2. The molecular formula is C16H12Cl2N2O5. The smallest absolute Gasteiger partial charge is 0.339 e. The number of pyridine rings is 1. The molecule has 0 saturated heterocycles. The predicted molar refractivity (Wildman–Crippen MR) is 90.3 cm³/mol. The summed E-state index contributed by atoms with van der Waals surface area (Å²) in [5, 5.41) is 2.90. The number of fused-ring (bicyclic) bond motifs is 1. The fourth-order valence-electron chi connectivity index (χ4n) is 2.08. The van der Waals surface area contributed by atoms with Gasteiger partial charge in [0.05, 0.1) is 16.3 Å². The van der Waals surface area contributed by atoms with Gasteiger partial charge in [0.25, 0.3) is 5.91 Å². The van der Waals surface area contributed by atoms with Crippen molar-refractivity contribution in [1.29, 1.82) is 0 Å². The van der Waals surface area contributed by atoms with Crippen molar-refractivity contribution < 1.29 is 23.8 Å². The number of aromatic nitrogens is 1. The van der Waals surface area contributed by atoms with Crippen molar-refractivity contribution in [1.82, 2.24) is 4.98 Å². The molecule has 0 aliphatic carbocycles. The number of nitrogens with zero attached hydrogens (tertiary/aromatic N) is 1. The zero-order valence-electron chi connectivity index (χ0n) is 12.9. The number of carbonyl (C=O) groups excluding carboxylic acids is 2. The van der Waals surface area contributed by atoms with Gasteiger partial charge in [-0.3, -0.25) is 4.79 Å². The Labute approximate surface area is 152 Å². The van der Waals surface area contributed by atoms with Gasteiger partial charge in [0.1, 0.15) is 0 Å². The first-order chi connectivity index (χ1) is 12.0. The van der Waals surface area contributed by atoms with Gasteiger partial charge in [0.2, 0.25) is 6.79 Å². The Balaban J connectivity index is 1.67. The molecule has 2 heterocycles. The molecule has 1 aromatic heterocycles. The van der Waals surface area contributed by atoms with Crippen LogP contribution in [0, 0.1) is 0 Å². The van der Waals surface area contributed by atoms with E-state index >= 15 is 0 Å². The highest BCUT2D eigenvalue weighted by Crippen LogP contribution is 2.39. The van der Waals surface area contributed by atoms with Crippen LogP contribution in [0.15, 0.2) is 30.5 Å². The maximum Gasteiger partial charge on any atom is 0.339 e. The van der Waals surface area contributed by atoms with Crippen molar-refractivity contribution in [3.8, 4) is 11.5 Å². The number of anilines is 1. The summed E-state index contributed by atoms with van der Waals surface area (Å²) in [6.07, 6.45) is 0.429. The van der Waals surface area contributed by atoms with Crippen LogP contribution in [0.4, 0.5) is 5.69 Å². The van der Waals surface area contributed by atoms with Gasteiger partial charge in [0, 0.05) is 6.20 Å². The standard InChI is InChI=1S/C16H12Cl2N2O5/c1-8(15(21)20-11-3-2-4-19-14(11)18)25-16(22)9-5-10(17)13-12(6-9)23-7-24-13/h2-6,8H,7H2,1H3,(H,20,21)/t8-/m0/s1. The maximum atomic E-state index is 12.2. The van der Waals surface area contributed by atoms with E-state index < -0.39 is 18.0 Å². The minimum Gasteiger partial charge on any atom is -0.454 e. The largest absolute Gasteiger partial charge is 0.454 e. The highest BCUT2D eigenvalue weighted by atomic mass is 35.5. The van der Waals surface area contributed by atoms with Gasteiger partial charge in [-0.25, -0.2) is 9.78 Å². The molecule has 1 atom stereocenters. The summed E-state index contributed by atoms with van der Waals surface area (Å²) in [7, 11) is 0. The van der Waals surface area contributed by atoms with Gasteiger partial charge >= 0.3 is 5.97 Å². The van der Waals surface area contributed by atoms with E-state index in [2.05, 4.69) is 10.3 Å². The number of ether oxygens (including phenoxy) is 3. The number of halogens is 2. The SMILES string of the molecule is C[C@H](OC(=O)c1cc(Cl)c2c(c1)OCO2)C(=O)Nc1cccnc1Cl. The Morgan fingerprint density at radius 3 is 2.88 bits per heavy atom. The van der Waals surface area contributed by atoms with Crippen LogP contribution >= 0.6 is 23.2 Å². The summed E-state index contributed by atoms with van der Waals surface area (Å²) in [5.41, 5.74) is 0.469. The normalized spacial score (nSPS) is 13.2. The quantitative estimate of drug-likeness (QED) is 0.644. The molecule has 9 heteroatoms. The minimum atomic E-state index is -1.06.